The number of aliphatic carboxylic acids is 1. The number of phenols is 1. The van der Waals surface area contributed by atoms with Gasteiger partial charge in [-0.3, -0.25) is 4.79 Å². The monoisotopic (exact) mass is 286 g/mol. The molecule has 5 nitrogen and oxygen atoms in total. The number of benzene rings is 2. The fourth-order valence-corrected chi connectivity index (χ4v) is 1.90. The first-order chi connectivity index (χ1) is 9.99. The minimum absolute atomic E-state index is 0.154. The van der Waals surface area contributed by atoms with Crippen molar-refractivity contribution in [1.82, 2.24) is 0 Å². The number of carboxylic acid groups (broad SMARTS) is 1. The van der Waals surface area contributed by atoms with E-state index in [2.05, 4.69) is 0 Å². The van der Waals surface area contributed by atoms with Gasteiger partial charge in [-0.15, -0.1) is 0 Å². The number of ether oxygens (including phenoxy) is 1. The molecule has 0 spiro atoms. The molecule has 0 radical (unpaired) electrons. The highest BCUT2D eigenvalue weighted by molar-refractivity contribution is 6.10. The molecule has 0 aromatic heterocycles. The molecule has 2 aromatic carbocycles. The van der Waals surface area contributed by atoms with Crippen molar-refractivity contribution in [3.8, 4) is 11.5 Å². The van der Waals surface area contributed by atoms with Gasteiger partial charge in [0.2, 0.25) is 0 Å². The topological polar surface area (TPSA) is 83.8 Å². The molecule has 21 heavy (non-hydrogen) atoms. The molecule has 0 saturated heterocycles. The van der Waals surface area contributed by atoms with Crippen LogP contribution in [0.2, 0.25) is 0 Å². The summed E-state index contributed by atoms with van der Waals surface area (Å²) in [6, 6.07) is 11.3. The fourth-order valence-electron chi connectivity index (χ4n) is 1.90. The SMILES string of the molecule is Cc1cc(C(=O)c2ccccc2)c(O)cc1OCC(=O)O. The zero-order chi connectivity index (χ0) is 15.4. The maximum absolute atomic E-state index is 12.3. The van der Waals surface area contributed by atoms with Gasteiger partial charge >= 0.3 is 5.97 Å². The summed E-state index contributed by atoms with van der Waals surface area (Å²) in [5, 5.41) is 18.5. The Morgan fingerprint density at radius 2 is 1.81 bits per heavy atom. The predicted octanol–water partition coefficient (Wildman–Crippen LogP) is 2.40. The van der Waals surface area contributed by atoms with Crippen LogP contribution in [0.3, 0.4) is 0 Å². The van der Waals surface area contributed by atoms with Crippen LogP contribution in [0.25, 0.3) is 0 Å². The molecule has 108 valence electrons. The van der Waals surface area contributed by atoms with Gasteiger partial charge in [0.1, 0.15) is 11.5 Å². The zero-order valence-corrected chi connectivity index (χ0v) is 11.4. The Kier molecular flexibility index (Phi) is 4.23. The second-order valence-electron chi connectivity index (χ2n) is 4.51. The third-order valence-electron chi connectivity index (χ3n) is 2.93. The Morgan fingerprint density at radius 3 is 2.43 bits per heavy atom. The van der Waals surface area contributed by atoms with E-state index >= 15 is 0 Å². The summed E-state index contributed by atoms with van der Waals surface area (Å²) < 4.78 is 5.05. The van der Waals surface area contributed by atoms with E-state index in [-0.39, 0.29) is 22.8 Å². The summed E-state index contributed by atoms with van der Waals surface area (Å²) in [4.78, 5) is 22.8. The van der Waals surface area contributed by atoms with Gasteiger partial charge in [0.25, 0.3) is 0 Å². The molecule has 0 unspecified atom stereocenters. The molecular weight excluding hydrogens is 272 g/mol. The molecule has 0 aliphatic rings. The number of aryl methyl sites for hydroxylation is 1. The largest absolute Gasteiger partial charge is 0.507 e. The average molecular weight is 286 g/mol. The Balaban J connectivity index is 2.32. The molecule has 0 fully saturated rings. The number of carbonyl (C=O) groups is 2. The van der Waals surface area contributed by atoms with E-state index < -0.39 is 12.6 Å². The Morgan fingerprint density at radius 1 is 1.14 bits per heavy atom. The summed E-state index contributed by atoms with van der Waals surface area (Å²) >= 11 is 0. The van der Waals surface area contributed by atoms with Crippen LogP contribution in [0.4, 0.5) is 0 Å². The quantitative estimate of drug-likeness (QED) is 0.824. The van der Waals surface area contributed by atoms with Crippen molar-refractivity contribution >= 4 is 11.8 Å². The molecule has 0 saturated carbocycles. The van der Waals surface area contributed by atoms with Crippen molar-refractivity contribution in [2.24, 2.45) is 0 Å². The molecule has 0 bridgehead atoms. The summed E-state index contributed by atoms with van der Waals surface area (Å²) in [6.07, 6.45) is 0. The van der Waals surface area contributed by atoms with E-state index in [9.17, 15) is 14.7 Å². The zero-order valence-electron chi connectivity index (χ0n) is 11.4. The van der Waals surface area contributed by atoms with Gasteiger partial charge in [0, 0.05) is 11.6 Å². The molecule has 0 aliphatic carbocycles. The Labute approximate surface area is 121 Å². The highest BCUT2D eigenvalue weighted by Crippen LogP contribution is 2.29. The van der Waals surface area contributed by atoms with E-state index in [1.54, 1.807) is 37.3 Å². The van der Waals surface area contributed by atoms with E-state index in [4.69, 9.17) is 9.84 Å². The summed E-state index contributed by atoms with van der Waals surface area (Å²) in [5.41, 5.74) is 1.20. The van der Waals surface area contributed by atoms with Gasteiger partial charge in [-0.2, -0.15) is 0 Å². The number of carboxylic acids is 1. The average Bonchev–Trinajstić information content (AvgIpc) is 2.47. The van der Waals surface area contributed by atoms with Crippen LogP contribution >= 0.6 is 0 Å². The van der Waals surface area contributed by atoms with Crippen LogP contribution in [0.15, 0.2) is 42.5 Å². The molecule has 0 aliphatic heterocycles. The standard InChI is InChI=1S/C16H14O5/c1-10-7-12(16(20)11-5-3-2-4-6-11)13(17)8-14(10)21-9-15(18)19/h2-8,17H,9H2,1H3,(H,18,19). The lowest BCUT2D eigenvalue weighted by Gasteiger charge is -2.11. The van der Waals surface area contributed by atoms with Crippen molar-refractivity contribution in [3.05, 3.63) is 59.2 Å². The first-order valence-electron chi connectivity index (χ1n) is 6.27. The molecular formula is C16H14O5. The second-order valence-corrected chi connectivity index (χ2v) is 4.51. The highest BCUT2D eigenvalue weighted by atomic mass is 16.5. The van der Waals surface area contributed by atoms with Crippen molar-refractivity contribution in [2.75, 3.05) is 6.61 Å². The first kappa shape index (κ1) is 14.6. The predicted molar refractivity (Wildman–Crippen MR) is 75.8 cm³/mol. The number of hydrogen-bond donors (Lipinski definition) is 2. The third-order valence-corrected chi connectivity index (χ3v) is 2.93. The van der Waals surface area contributed by atoms with Crippen LogP contribution in [0, 0.1) is 6.92 Å². The third kappa shape index (κ3) is 3.39. The van der Waals surface area contributed by atoms with Crippen molar-refractivity contribution < 1.29 is 24.5 Å². The van der Waals surface area contributed by atoms with Crippen LogP contribution in [0.1, 0.15) is 21.5 Å². The van der Waals surface area contributed by atoms with E-state index in [1.165, 1.54) is 12.1 Å². The summed E-state index contributed by atoms with van der Waals surface area (Å²) in [5.74, 6) is -1.42. The number of aromatic hydroxyl groups is 1. The Bertz CT molecular complexity index is 677. The molecule has 2 N–H and O–H groups in total. The Hall–Kier alpha value is -2.82. The van der Waals surface area contributed by atoms with Gasteiger partial charge in [0.05, 0.1) is 5.56 Å². The lowest BCUT2D eigenvalue weighted by atomic mass is 10.0. The van der Waals surface area contributed by atoms with Crippen molar-refractivity contribution in [3.63, 3.8) is 0 Å². The molecule has 5 heteroatoms. The maximum atomic E-state index is 12.3. The first-order valence-corrected chi connectivity index (χ1v) is 6.27. The number of rotatable bonds is 5. The molecule has 0 atom stereocenters. The van der Waals surface area contributed by atoms with Crippen LogP contribution in [0.5, 0.6) is 11.5 Å². The summed E-state index contributed by atoms with van der Waals surface area (Å²) in [6.45, 7) is 1.17. The lowest BCUT2D eigenvalue weighted by Crippen LogP contribution is -2.10. The van der Waals surface area contributed by atoms with Crippen LogP contribution in [-0.4, -0.2) is 28.6 Å². The minimum Gasteiger partial charge on any atom is -0.507 e. The maximum Gasteiger partial charge on any atom is 0.341 e. The molecule has 2 rings (SSSR count). The van der Waals surface area contributed by atoms with Gasteiger partial charge in [-0.1, -0.05) is 30.3 Å². The van der Waals surface area contributed by atoms with Gasteiger partial charge in [-0.25, -0.2) is 4.79 Å². The number of carbonyl (C=O) groups excluding carboxylic acids is 1. The molecule has 2 aromatic rings. The van der Waals surface area contributed by atoms with Crippen molar-refractivity contribution in [2.45, 2.75) is 6.92 Å². The minimum atomic E-state index is -1.11. The number of hydrogen-bond acceptors (Lipinski definition) is 4. The lowest BCUT2D eigenvalue weighted by molar-refractivity contribution is -0.139. The van der Waals surface area contributed by atoms with Crippen LogP contribution in [-0.2, 0) is 4.79 Å². The molecule has 0 amide bonds. The molecule has 0 heterocycles. The van der Waals surface area contributed by atoms with Gasteiger partial charge in [0.15, 0.2) is 12.4 Å². The van der Waals surface area contributed by atoms with E-state index in [1.807, 2.05) is 0 Å². The normalized spacial score (nSPS) is 10.1. The van der Waals surface area contributed by atoms with E-state index in [0.717, 1.165) is 0 Å². The number of ketones is 1. The van der Waals surface area contributed by atoms with Gasteiger partial charge < -0.3 is 14.9 Å². The fraction of sp³-hybridized carbons (Fsp3) is 0.125. The highest BCUT2D eigenvalue weighted by Gasteiger charge is 2.16. The van der Waals surface area contributed by atoms with E-state index in [0.29, 0.717) is 11.1 Å². The van der Waals surface area contributed by atoms with Gasteiger partial charge in [-0.05, 0) is 18.6 Å². The number of phenolic OH excluding ortho intramolecular Hbond substituents is 1. The second kappa shape index (κ2) is 6.09. The summed E-state index contributed by atoms with van der Waals surface area (Å²) in [7, 11) is 0. The smallest absolute Gasteiger partial charge is 0.341 e. The van der Waals surface area contributed by atoms with Crippen LogP contribution < -0.4 is 4.74 Å². The van der Waals surface area contributed by atoms with Crippen molar-refractivity contribution in [1.29, 1.82) is 0 Å².